The summed E-state index contributed by atoms with van der Waals surface area (Å²) in [7, 11) is 0. The molecule has 1 aromatic carbocycles. The molecule has 2 aromatic heterocycles. The average molecular weight is 367 g/mol. The second kappa shape index (κ2) is 6.99. The summed E-state index contributed by atoms with van der Waals surface area (Å²) in [4.78, 5) is 15.9. The molecule has 0 bridgehead atoms. The van der Waals surface area contributed by atoms with E-state index in [0.717, 1.165) is 24.2 Å². The van der Waals surface area contributed by atoms with Gasteiger partial charge < -0.3 is 4.90 Å². The van der Waals surface area contributed by atoms with Crippen LogP contribution in [-0.4, -0.2) is 31.0 Å². The molecule has 1 aliphatic rings. The molecule has 1 atom stereocenters. The predicted molar refractivity (Wildman–Crippen MR) is 99.4 cm³/mol. The molecule has 4 rings (SSSR count). The monoisotopic (exact) mass is 367 g/mol. The first-order valence-electron chi connectivity index (χ1n) is 8.80. The number of carbonyl (C=O) groups excluding carboxylic acids is 1. The summed E-state index contributed by atoms with van der Waals surface area (Å²) in [6.07, 6.45) is 2.30. The van der Waals surface area contributed by atoms with Crippen molar-refractivity contribution in [1.82, 2.24) is 25.1 Å². The molecule has 3 heterocycles. The Morgan fingerprint density at radius 3 is 2.77 bits per heavy atom. The van der Waals surface area contributed by atoms with E-state index in [4.69, 9.17) is 0 Å². The van der Waals surface area contributed by atoms with Gasteiger partial charge in [-0.05, 0) is 47.2 Å². The van der Waals surface area contributed by atoms with Crippen molar-refractivity contribution in [2.75, 3.05) is 0 Å². The molecular formula is C19H21N5OS. The number of carbonyl (C=O) groups is 1. The van der Waals surface area contributed by atoms with Crippen molar-refractivity contribution in [3.8, 4) is 0 Å². The molecule has 7 heteroatoms. The number of likely N-dealkylation sites (tertiary alicyclic amines) is 1. The van der Waals surface area contributed by atoms with E-state index in [1.165, 1.54) is 4.88 Å². The number of nitrogens with zero attached hydrogens (tertiary/aromatic N) is 5. The van der Waals surface area contributed by atoms with Gasteiger partial charge in [0.25, 0.3) is 0 Å². The van der Waals surface area contributed by atoms with Gasteiger partial charge >= 0.3 is 0 Å². The Labute approximate surface area is 156 Å². The van der Waals surface area contributed by atoms with Crippen molar-refractivity contribution in [2.24, 2.45) is 0 Å². The Morgan fingerprint density at radius 1 is 1.15 bits per heavy atom. The summed E-state index contributed by atoms with van der Waals surface area (Å²) in [5.74, 6) is 0.923. The Hall–Kier alpha value is -2.54. The van der Waals surface area contributed by atoms with E-state index < -0.39 is 5.54 Å². The van der Waals surface area contributed by atoms with Gasteiger partial charge in [0.2, 0.25) is 5.91 Å². The highest BCUT2D eigenvalue weighted by Crippen LogP contribution is 2.38. The standard InChI is InChI=1S/C19H21N5OS/c1-19(11-5-10-17(25)23(19)14-16-9-6-12-26-16)18-20-21-22-24(18)13-15-7-3-2-4-8-15/h2-4,6-9,12H,5,10-11,13-14H2,1H3. The van der Waals surface area contributed by atoms with Crippen molar-refractivity contribution >= 4 is 17.2 Å². The third-order valence-electron chi connectivity index (χ3n) is 5.03. The normalized spacial score (nSPS) is 20.5. The zero-order valence-corrected chi connectivity index (χ0v) is 15.5. The fourth-order valence-electron chi connectivity index (χ4n) is 3.64. The number of rotatable bonds is 5. The van der Waals surface area contributed by atoms with E-state index >= 15 is 0 Å². The molecule has 1 aliphatic heterocycles. The largest absolute Gasteiger partial charge is 0.325 e. The molecule has 0 radical (unpaired) electrons. The number of piperidine rings is 1. The summed E-state index contributed by atoms with van der Waals surface area (Å²) >= 11 is 1.67. The van der Waals surface area contributed by atoms with Crippen LogP contribution in [0.1, 0.15) is 42.5 Å². The summed E-state index contributed by atoms with van der Waals surface area (Å²) in [6.45, 7) is 3.29. The Balaban J connectivity index is 1.68. The molecule has 0 aliphatic carbocycles. The zero-order chi connectivity index (χ0) is 18.0. The number of thiophene rings is 1. The van der Waals surface area contributed by atoms with Crippen LogP contribution in [-0.2, 0) is 23.4 Å². The molecular weight excluding hydrogens is 346 g/mol. The fraction of sp³-hybridized carbons (Fsp3) is 0.368. The van der Waals surface area contributed by atoms with Crippen LogP contribution in [0.2, 0.25) is 0 Å². The summed E-state index contributed by atoms with van der Waals surface area (Å²) in [6, 6.07) is 14.2. The first-order valence-corrected chi connectivity index (χ1v) is 9.68. The maximum atomic E-state index is 12.8. The van der Waals surface area contributed by atoms with Crippen molar-refractivity contribution in [2.45, 2.75) is 44.8 Å². The Morgan fingerprint density at radius 2 is 2.00 bits per heavy atom. The van der Waals surface area contributed by atoms with Gasteiger partial charge in [0.1, 0.15) is 5.54 Å². The smallest absolute Gasteiger partial charge is 0.223 e. The number of hydrogen-bond acceptors (Lipinski definition) is 5. The van der Waals surface area contributed by atoms with Crippen molar-refractivity contribution in [1.29, 1.82) is 0 Å². The molecule has 0 saturated carbocycles. The lowest BCUT2D eigenvalue weighted by Crippen LogP contribution is -2.51. The zero-order valence-electron chi connectivity index (χ0n) is 14.7. The van der Waals surface area contributed by atoms with Gasteiger partial charge in [0.05, 0.1) is 13.1 Å². The molecule has 134 valence electrons. The van der Waals surface area contributed by atoms with Crippen LogP contribution >= 0.6 is 11.3 Å². The van der Waals surface area contributed by atoms with Crippen LogP contribution in [0.3, 0.4) is 0 Å². The fourth-order valence-corrected chi connectivity index (χ4v) is 4.33. The topological polar surface area (TPSA) is 63.9 Å². The summed E-state index contributed by atoms with van der Waals surface area (Å²) < 4.78 is 1.83. The summed E-state index contributed by atoms with van der Waals surface area (Å²) in [5, 5.41) is 14.5. The van der Waals surface area contributed by atoms with Gasteiger partial charge in [-0.15, -0.1) is 16.4 Å². The highest BCUT2D eigenvalue weighted by Gasteiger charge is 2.44. The maximum absolute atomic E-state index is 12.8. The van der Waals surface area contributed by atoms with Crippen LogP contribution in [0.25, 0.3) is 0 Å². The van der Waals surface area contributed by atoms with Gasteiger partial charge in [-0.25, -0.2) is 4.68 Å². The SMILES string of the molecule is CC1(c2nnnn2Cc2ccccc2)CCCC(=O)N1Cc1cccs1. The van der Waals surface area contributed by atoms with Crippen LogP contribution in [0.15, 0.2) is 47.8 Å². The lowest BCUT2D eigenvalue weighted by atomic mass is 9.87. The summed E-state index contributed by atoms with van der Waals surface area (Å²) in [5.41, 5.74) is 0.633. The number of aromatic nitrogens is 4. The van der Waals surface area contributed by atoms with Gasteiger partial charge in [0, 0.05) is 11.3 Å². The van der Waals surface area contributed by atoms with E-state index in [1.807, 2.05) is 39.2 Å². The minimum Gasteiger partial charge on any atom is -0.325 e. The van der Waals surface area contributed by atoms with Crippen LogP contribution in [0, 0.1) is 0 Å². The van der Waals surface area contributed by atoms with Gasteiger partial charge in [0.15, 0.2) is 5.82 Å². The Bertz CT molecular complexity index is 876. The van der Waals surface area contributed by atoms with E-state index in [-0.39, 0.29) is 5.91 Å². The molecule has 1 unspecified atom stereocenters. The van der Waals surface area contributed by atoms with E-state index in [2.05, 4.69) is 40.6 Å². The predicted octanol–water partition coefficient (Wildman–Crippen LogP) is 3.21. The van der Waals surface area contributed by atoms with Crippen LogP contribution in [0.5, 0.6) is 0 Å². The van der Waals surface area contributed by atoms with E-state index in [9.17, 15) is 4.79 Å². The van der Waals surface area contributed by atoms with Crippen molar-refractivity contribution < 1.29 is 4.79 Å². The third-order valence-corrected chi connectivity index (χ3v) is 5.89. The second-order valence-corrected chi connectivity index (χ2v) is 7.86. The van der Waals surface area contributed by atoms with Crippen molar-refractivity contribution in [3.63, 3.8) is 0 Å². The van der Waals surface area contributed by atoms with Crippen LogP contribution in [0.4, 0.5) is 0 Å². The number of hydrogen-bond donors (Lipinski definition) is 0. The van der Waals surface area contributed by atoms with E-state index in [0.29, 0.717) is 19.5 Å². The number of benzene rings is 1. The van der Waals surface area contributed by atoms with Gasteiger partial charge in [-0.1, -0.05) is 36.4 Å². The molecule has 1 fully saturated rings. The quantitative estimate of drug-likeness (QED) is 0.695. The molecule has 0 spiro atoms. The minimum absolute atomic E-state index is 0.168. The lowest BCUT2D eigenvalue weighted by Gasteiger charge is -2.43. The second-order valence-electron chi connectivity index (χ2n) is 6.83. The molecule has 3 aromatic rings. The molecule has 0 N–H and O–H groups in total. The van der Waals surface area contributed by atoms with Gasteiger partial charge in [-0.2, -0.15) is 0 Å². The number of amides is 1. The minimum atomic E-state index is -0.502. The molecule has 1 amide bonds. The van der Waals surface area contributed by atoms with Crippen LogP contribution < -0.4 is 0 Å². The van der Waals surface area contributed by atoms with E-state index in [1.54, 1.807) is 11.3 Å². The maximum Gasteiger partial charge on any atom is 0.223 e. The number of tetrazole rings is 1. The first-order chi connectivity index (χ1) is 12.7. The molecule has 1 saturated heterocycles. The molecule has 26 heavy (non-hydrogen) atoms. The molecule has 6 nitrogen and oxygen atoms in total. The van der Waals surface area contributed by atoms with Crippen molar-refractivity contribution in [3.05, 3.63) is 64.1 Å². The average Bonchev–Trinajstić information content (AvgIpc) is 3.31. The highest BCUT2D eigenvalue weighted by atomic mass is 32.1. The first kappa shape index (κ1) is 16.9. The Kier molecular flexibility index (Phi) is 4.55. The lowest BCUT2D eigenvalue weighted by molar-refractivity contribution is -0.143. The highest BCUT2D eigenvalue weighted by molar-refractivity contribution is 7.09. The van der Waals surface area contributed by atoms with Gasteiger partial charge in [-0.3, -0.25) is 4.79 Å². The third kappa shape index (κ3) is 3.14.